The standard InChI is InChI=1S/C12H16BrClO3/c1-11(14)4-3-7(5-9(11)13)8-6-10(15)17-12(8,2)16/h6-7,9,16H,3-5H2,1-2H3/t7-,9-,11-,12+/m0/s1. The summed E-state index contributed by atoms with van der Waals surface area (Å²) in [6, 6.07) is 0. The van der Waals surface area contributed by atoms with Crippen LogP contribution in [0.25, 0.3) is 0 Å². The van der Waals surface area contributed by atoms with Crippen LogP contribution in [0.5, 0.6) is 0 Å². The summed E-state index contributed by atoms with van der Waals surface area (Å²) in [6.07, 6.45) is 3.93. The Hall–Kier alpha value is -0.0600. The molecule has 1 aliphatic heterocycles. The van der Waals surface area contributed by atoms with E-state index in [1.54, 1.807) is 0 Å². The molecule has 2 rings (SSSR count). The van der Waals surface area contributed by atoms with Crippen molar-refractivity contribution in [1.29, 1.82) is 0 Å². The number of carbonyl (C=O) groups excluding carboxylic acids is 1. The Labute approximate surface area is 114 Å². The van der Waals surface area contributed by atoms with E-state index in [9.17, 15) is 9.90 Å². The summed E-state index contributed by atoms with van der Waals surface area (Å²) < 4.78 is 4.88. The van der Waals surface area contributed by atoms with Gasteiger partial charge in [0, 0.05) is 23.4 Å². The summed E-state index contributed by atoms with van der Waals surface area (Å²) in [6.45, 7) is 3.52. The smallest absolute Gasteiger partial charge is 0.333 e. The highest BCUT2D eigenvalue weighted by Gasteiger charge is 2.45. The lowest BCUT2D eigenvalue weighted by Crippen LogP contribution is -2.40. The lowest BCUT2D eigenvalue weighted by Gasteiger charge is -2.39. The van der Waals surface area contributed by atoms with Gasteiger partial charge in [0.05, 0.1) is 4.87 Å². The molecule has 0 aromatic heterocycles. The monoisotopic (exact) mass is 322 g/mol. The number of alkyl halides is 2. The molecule has 0 bridgehead atoms. The van der Waals surface area contributed by atoms with Crippen LogP contribution in [-0.2, 0) is 9.53 Å². The quantitative estimate of drug-likeness (QED) is 0.596. The van der Waals surface area contributed by atoms with Gasteiger partial charge in [-0.05, 0) is 32.1 Å². The Bertz CT molecular complexity index is 376. The maximum absolute atomic E-state index is 11.2. The molecular formula is C12H16BrClO3. The second kappa shape index (κ2) is 4.25. The van der Waals surface area contributed by atoms with E-state index in [0.29, 0.717) is 5.57 Å². The first-order valence-corrected chi connectivity index (χ1v) is 7.02. The van der Waals surface area contributed by atoms with Crippen LogP contribution in [0.1, 0.15) is 33.1 Å². The minimum Gasteiger partial charge on any atom is -0.426 e. The molecule has 17 heavy (non-hydrogen) atoms. The van der Waals surface area contributed by atoms with Gasteiger partial charge in [-0.15, -0.1) is 11.6 Å². The van der Waals surface area contributed by atoms with Crippen LogP contribution in [0.4, 0.5) is 0 Å². The van der Waals surface area contributed by atoms with Crippen molar-refractivity contribution < 1.29 is 14.6 Å². The Morgan fingerprint density at radius 3 is 2.71 bits per heavy atom. The maximum Gasteiger partial charge on any atom is 0.333 e. The zero-order valence-corrected chi connectivity index (χ0v) is 12.2. The fourth-order valence-corrected chi connectivity index (χ4v) is 3.43. The van der Waals surface area contributed by atoms with Gasteiger partial charge in [0.1, 0.15) is 0 Å². The highest BCUT2D eigenvalue weighted by Crippen LogP contribution is 2.46. The molecule has 96 valence electrons. The number of carbonyl (C=O) groups is 1. The Morgan fingerprint density at radius 2 is 2.24 bits per heavy atom. The van der Waals surface area contributed by atoms with Crippen molar-refractivity contribution in [2.75, 3.05) is 0 Å². The molecule has 1 saturated carbocycles. The largest absolute Gasteiger partial charge is 0.426 e. The molecule has 1 N–H and O–H groups in total. The average Bonchev–Trinajstić information content (AvgIpc) is 2.44. The first-order chi connectivity index (χ1) is 7.72. The van der Waals surface area contributed by atoms with Gasteiger partial charge >= 0.3 is 5.97 Å². The number of cyclic esters (lactones) is 1. The van der Waals surface area contributed by atoms with E-state index >= 15 is 0 Å². The molecule has 1 aliphatic carbocycles. The molecule has 0 unspecified atom stereocenters. The predicted octanol–water partition coefficient (Wildman–Crippen LogP) is 2.74. The van der Waals surface area contributed by atoms with Crippen LogP contribution in [0.2, 0.25) is 0 Å². The molecule has 1 heterocycles. The van der Waals surface area contributed by atoms with Crippen LogP contribution in [0.15, 0.2) is 11.6 Å². The summed E-state index contributed by atoms with van der Waals surface area (Å²) in [5.41, 5.74) is 0.680. The number of hydrogen-bond donors (Lipinski definition) is 1. The summed E-state index contributed by atoms with van der Waals surface area (Å²) in [7, 11) is 0. The minimum absolute atomic E-state index is 0.146. The van der Waals surface area contributed by atoms with Gasteiger partial charge < -0.3 is 9.84 Å². The van der Waals surface area contributed by atoms with Crippen molar-refractivity contribution in [3.8, 4) is 0 Å². The van der Waals surface area contributed by atoms with E-state index in [1.165, 1.54) is 13.0 Å². The molecule has 4 atom stereocenters. The van der Waals surface area contributed by atoms with Gasteiger partial charge in [0.2, 0.25) is 5.79 Å². The van der Waals surface area contributed by atoms with Crippen molar-refractivity contribution in [2.45, 2.75) is 48.6 Å². The van der Waals surface area contributed by atoms with E-state index < -0.39 is 11.8 Å². The van der Waals surface area contributed by atoms with Crippen LogP contribution in [0.3, 0.4) is 0 Å². The molecule has 2 aliphatic rings. The Morgan fingerprint density at radius 1 is 1.59 bits per heavy atom. The van der Waals surface area contributed by atoms with E-state index in [4.69, 9.17) is 16.3 Å². The van der Waals surface area contributed by atoms with E-state index in [-0.39, 0.29) is 15.6 Å². The second-order valence-corrected chi connectivity index (χ2v) is 7.19. The van der Waals surface area contributed by atoms with Crippen molar-refractivity contribution >= 4 is 33.5 Å². The first kappa shape index (κ1) is 13.4. The Kier molecular flexibility index (Phi) is 3.34. The van der Waals surface area contributed by atoms with Gasteiger partial charge in [0.15, 0.2) is 0 Å². The maximum atomic E-state index is 11.2. The molecule has 0 aromatic carbocycles. The zero-order chi connectivity index (χ0) is 12.8. The summed E-state index contributed by atoms with van der Waals surface area (Å²) in [4.78, 5) is 11.1. The van der Waals surface area contributed by atoms with Gasteiger partial charge in [-0.3, -0.25) is 0 Å². The van der Waals surface area contributed by atoms with Crippen LogP contribution >= 0.6 is 27.5 Å². The third-order valence-electron chi connectivity index (χ3n) is 3.67. The molecular weight excluding hydrogens is 307 g/mol. The number of rotatable bonds is 1. The summed E-state index contributed by atoms with van der Waals surface area (Å²) in [5, 5.41) is 10.0. The average molecular weight is 324 g/mol. The van der Waals surface area contributed by atoms with Gasteiger partial charge in [0.25, 0.3) is 0 Å². The molecule has 1 fully saturated rings. The van der Waals surface area contributed by atoms with E-state index in [0.717, 1.165) is 19.3 Å². The third-order valence-corrected chi connectivity index (χ3v) is 5.77. The second-order valence-electron chi connectivity index (χ2n) is 5.22. The summed E-state index contributed by atoms with van der Waals surface area (Å²) in [5.74, 6) is -1.77. The molecule has 0 radical (unpaired) electrons. The highest BCUT2D eigenvalue weighted by molar-refractivity contribution is 9.09. The Balaban J connectivity index is 2.16. The number of halogens is 2. The fraction of sp³-hybridized carbons (Fsp3) is 0.750. The number of aliphatic hydroxyl groups is 1. The zero-order valence-electron chi connectivity index (χ0n) is 9.87. The molecule has 0 saturated heterocycles. The van der Waals surface area contributed by atoms with Crippen LogP contribution in [0, 0.1) is 5.92 Å². The molecule has 0 spiro atoms. The van der Waals surface area contributed by atoms with E-state index in [1.807, 2.05) is 6.92 Å². The van der Waals surface area contributed by atoms with Crippen LogP contribution in [-0.4, -0.2) is 26.6 Å². The normalized spacial score (nSPS) is 46.6. The fourth-order valence-electron chi connectivity index (χ4n) is 2.55. The number of esters is 1. The third kappa shape index (κ3) is 2.54. The van der Waals surface area contributed by atoms with Crippen molar-refractivity contribution in [3.05, 3.63) is 11.6 Å². The SMILES string of the molecule is C[C@]1(Cl)CC[C@H](C2=CC(=O)O[C@@]2(C)O)C[C@@H]1Br. The van der Waals surface area contributed by atoms with Crippen molar-refractivity contribution in [3.63, 3.8) is 0 Å². The predicted molar refractivity (Wildman–Crippen MR) is 69.1 cm³/mol. The van der Waals surface area contributed by atoms with Crippen molar-refractivity contribution in [1.82, 2.24) is 0 Å². The van der Waals surface area contributed by atoms with E-state index in [2.05, 4.69) is 15.9 Å². The van der Waals surface area contributed by atoms with Gasteiger partial charge in [-0.25, -0.2) is 4.79 Å². The minimum atomic E-state index is -1.45. The van der Waals surface area contributed by atoms with Gasteiger partial charge in [-0.2, -0.15) is 0 Å². The topological polar surface area (TPSA) is 46.5 Å². The molecule has 0 aromatic rings. The first-order valence-electron chi connectivity index (χ1n) is 5.73. The summed E-state index contributed by atoms with van der Waals surface area (Å²) >= 11 is 9.95. The lowest BCUT2D eigenvalue weighted by molar-refractivity contribution is -0.176. The number of ether oxygens (including phenoxy) is 1. The highest BCUT2D eigenvalue weighted by atomic mass is 79.9. The van der Waals surface area contributed by atoms with Crippen molar-refractivity contribution in [2.24, 2.45) is 5.92 Å². The molecule has 0 amide bonds. The number of hydrogen-bond acceptors (Lipinski definition) is 3. The molecule has 3 nitrogen and oxygen atoms in total. The van der Waals surface area contributed by atoms with Crippen LogP contribution < -0.4 is 0 Å². The van der Waals surface area contributed by atoms with Gasteiger partial charge in [-0.1, -0.05) is 15.9 Å². The molecule has 5 heteroatoms. The lowest BCUT2D eigenvalue weighted by atomic mass is 9.77.